The van der Waals surface area contributed by atoms with E-state index in [1.807, 2.05) is 12.1 Å². The molecule has 1 atom stereocenters. The zero-order valence-electron chi connectivity index (χ0n) is 24.1. The molecule has 0 spiro atoms. The van der Waals surface area contributed by atoms with E-state index >= 15 is 0 Å². The lowest BCUT2D eigenvalue weighted by Gasteiger charge is -2.38. The third-order valence-electron chi connectivity index (χ3n) is 8.21. The van der Waals surface area contributed by atoms with E-state index in [4.69, 9.17) is 9.47 Å². The molecule has 0 aliphatic heterocycles. The topological polar surface area (TPSA) is 118 Å². The minimum atomic E-state index is -4.15. The number of hydrogen-bond donors (Lipinski definition) is 2. The number of amides is 1. The molecule has 9 nitrogen and oxygen atoms in total. The number of sulfonamides is 1. The monoisotopic (exact) mass is 603 g/mol. The van der Waals surface area contributed by atoms with Crippen molar-refractivity contribution >= 4 is 26.7 Å². The van der Waals surface area contributed by atoms with Gasteiger partial charge in [0.15, 0.2) is 0 Å². The van der Waals surface area contributed by atoms with Crippen molar-refractivity contribution in [3.63, 3.8) is 0 Å². The summed E-state index contributed by atoms with van der Waals surface area (Å²) in [5.74, 6) is -0.561. The molecule has 10 heteroatoms. The van der Waals surface area contributed by atoms with E-state index in [1.54, 1.807) is 42.1 Å². The highest BCUT2D eigenvalue weighted by Crippen LogP contribution is 2.35. The van der Waals surface area contributed by atoms with Crippen molar-refractivity contribution in [1.82, 2.24) is 14.8 Å². The van der Waals surface area contributed by atoms with Gasteiger partial charge in [-0.2, -0.15) is 4.31 Å². The first-order valence-corrected chi connectivity index (χ1v) is 15.9. The van der Waals surface area contributed by atoms with Crippen molar-refractivity contribution in [2.24, 2.45) is 5.92 Å². The standard InChI is InChI=1S/C33H37N3O6S/c1-41-28-13-15-30(16-14-28)43(39,40)36(23-24-17-20-34-21-18-24)32(33(37)35-38)27-9-11-29(12-10-27)42-22-19-26-7-4-6-25-5-2-3-8-31(25)26/h2-8,13-18,20-21,27,29,32,38H,9-12,19,22-23H2,1H3,(H,35,37)/t27?,29?,32-/m1/s1. The maximum atomic E-state index is 14.1. The molecule has 1 aromatic heterocycles. The molecular formula is C33H37N3O6S. The van der Waals surface area contributed by atoms with Gasteiger partial charge in [-0.1, -0.05) is 42.5 Å². The van der Waals surface area contributed by atoms with Gasteiger partial charge in [-0.3, -0.25) is 15.0 Å². The van der Waals surface area contributed by atoms with Crippen LogP contribution in [-0.4, -0.2) is 54.7 Å². The second kappa shape index (κ2) is 14.1. The second-order valence-corrected chi connectivity index (χ2v) is 12.7. The molecule has 1 saturated carbocycles. The lowest BCUT2D eigenvalue weighted by Crippen LogP contribution is -2.53. The van der Waals surface area contributed by atoms with Gasteiger partial charge in [0, 0.05) is 18.9 Å². The van der Waals surface area contributed by atoms with Crippen molar-refractivity contribution in [2.45, 2.75) is 55.7 Å². The molecule has 0 saturated heterocycles. The molecule has 226 valence electrons. The van der Waals surface area contributed by atoms with Gasteiger partial charge in [0.1, 0.15) is 11.8 Å². The Bertz CT molecular complexity index is 1600. The van der Waals surface area contributed by atoms with E-state index in [2.05, 4.69) is 35.3 Å². The molecule has 1 fully saturated rings. The highest BCUT2D eigenvalue weighted by Gasteiger charge is 2.42. The number of benzene rings is 3. The number of hydrogen-bond acceptors (Lipinski definition) is 7. The Morgan fingerprint density at radius 3 is 2.37 bits per heavy atom. The molecular weight excluding hydrogens is 566 g/mol. The molecule has 4 aromatic rings. The Kier molecular flexibility index (Phi) is 10.0. The molecule has 5 rings (SSSR count). The zero-order chi connectivity index (χ0) is 30.2. The highest BCUT2D eigenvalue weighted by molar-refractivity contribution is 7.89. The van der Waals surface area contributed by atoms with Crippen LogP contribution >= 0.6 is 0 Å². The average molecular weight is 604 g/mol. The molecule has 1 heterocycles. The summed E-state index contributed by atoms with van der Waals surface area (Å²) in [6, 6.07) is 23.0. The third kappa shape index (κ3) is 7.22. The first-order chi connectivity index (χ1) is 20.9. The summed E-state index contributed by atoms with van der Waals surface area (Å²) in [7, 11) is -2.65. The van der Waals surface area contributed by atoms with Gasteiger partial charge in [-0.25, -0.2) is 13.9 Å². The Labute approximate surface area is 252 Å². The SMILES string of the molecule is COc1ccc(S(=O)(=O)N(Cc2ccncc2)[C@@H](C(=O)NO)C2CCC(OCCc3cccc4ccccc34)CC2)cc1. The molecule has 1 aliphatic carbocycles. The van der Waals surface area contributed by atoms with E-state index in [9.17, 15) is 18.4 Å². The smallest absolute Gasteiger partial charge is 0.262 e. The summed E-state index contributed by atoms with van der Waals surface area (Å²) in [6.07, 6.45) is 6.46. The fourth-order valence-corrected chi connectivity index (χ4v) is 7.58. The predicted molar refractivity (Wildman–Crippen MR) is 163 cm³/mol. The van der Waals surface area contributed by atoms with Crippen LogP contribution in [-0.2, 0) is 32.5 Å². The summed E-state index contributed by atoms with van der Waals surface area (Å²) in [5, 5.41) is 12.2. The van der Waals surface area contributed by atoms with E-state index in [0.717, 1.165) is 6.42 Å². The molecule has 43 heavy (non-hydrogen) atoms. The minimum Gasteiger partial charge on any atom is -0.497 e. The second-order valence-electron chi connectivity index (χ2n) is 10.8. The van der Waals surface area contributed by atoms with Crippen LogP contribution in [0.5, 0.6) is 5.75 Å². The Morgan fingerprint density at radius 1 is 0.977 bits per heavy atom. The summed E-state index contributed by atoms with van der Waals surface area (Å²) < 4.78 is 40.8. The Balaban J connectivity index is 1.31. The molecule has 1 amide bonds. The number of aromatic nitrogens is 1. The molecule has 1 aliphatic rings. The largest absolute Gasteiger partial charge is 0.497 e. The van der Waals surface area contributed by atoms with Crippen molar-refractivity contribution in [3.8, 4) is 5.75 Å². The summed E-state index contributed by atoms with van der Waals surface area (Å²) >= 11 is 0. The molecule has 2 N–H and O–H groups in total. The number of ether oxygens (including phenoxy) is 2. The number of hydroxylamine groups is 1. The van der Waals surface area contributed by atoms with E-state index in [1.165, 1.54) is 39.9 Å². The van der Waals surface area contributed by atoms with Crippen LogP contribution in [0.25, 0.3) is 10.8 Å². The molecule has 3 aromatic carbocycles. The van der Waals surface area contributed by atoms with Crippen LogP contribution in [0.4, 0.5) is 0 Å². The molecule has 0 radical (unpaired) electrons. The van der Waals surface area contributed by atoms with Crippen LogP contribution < -0.4 is 10.2 Å². The van der Waals surface area contributed by atoms with E-state index in [-0.39, 0.29) is 23.5 Å². The number of nitrogens with zero attached hydrogens (tertiary/aromatic N) is 2. The zero-order valence-corrected chi connectivity index (χ0v) is 24.9. The first kappa shape index (κ1) is 30.6. The fourth-order valence-electron chi connectivity index (χ4n) is 5.95. The summed E-state index contributed by atoms with van der Waals surface area (Å²) in [6.45, 7) is 0.514. The minimum absolute atomic E-state index is 0.0101. The lowest BCUT2D eigenvalue weighted by atomic mass is 9.82. The average Bonchev–Trinajstić information content (AvgIpc) is 3.05. The third-order valence-corrected chi connectivity index (χ3v) is 10.1. The van der Waals surface area contributed by atoms with Gasteiger partial charge < -0.3 is 9.47 Å². The van der Waals surface area contributed by atoms with Crippen molar-refractivity contribution < 1.29 is 27.9 Å². The van der Waals surface area contributed by atoms with E-state index in [0.29, 0.717) is 43.6 Å². The van der Waals surface area contributed by atoms with Gasteiger partial charge in [0.2, 0.25) is 10.0 Å². The van der Waals surface area contributed by atoms with Gasteiger partial charge in [0.25, 0.3) is 5.91 Å². The maximum Gasteiger partial charge on any atom is 0.262 e. The van der Waals surface area contributed by atoms with Gasteiger partial charge in [0.05, 0.1) is 24.7 Å². The van der Waals surface area contributed by atoms with Crippen LogP contribution in [0.2, 0.25) is 0 Å². The number of rotatable bonds is 12. The fraction of sp³-hybridized carbons (Fsp3) is 0.333. The number of methoxy groups -OCH3 is 1. The lowest BCUT2D eigenvalue weighted by molar-refractivity contribution is -0.136. The summed E-state index contributed by atoms with van der Waals surface area (Å²) in [5.41, 5.74) is 3.65. The normalized spacial score (nSPS) is 17.9. The Morgan fingerprint density at radius 2 is 1.67 bits per heavy atom. The van der Waals surface area contributed by atoms with Gasteiger partial charge >= 0.3 is 0 Å². The quantitative estimate of drug-likeness (QED) is 0.170. The van der Waals surface area contributed by atoms with Gasteiger partial charge in [-0.15, -0.1) is 0 Å². The first-order valence-electron chi connectivity index (χ1n) is 14.5. The van der Waals surface area contributed by atoms with Gasteiger partial charge in [-0.05, 0) is 96.3 Å². The summed E-state index contributed by atoms with van der Waals surface area (Å²) in [4.78, 5) is 17.3. The molecule has 0 unspecified atom stereocenters. The number of nitrogens with one attached hydrogen (secondary N) is 1. The molecule has 0 bridgehead atoms. The number of carbonyl (C=O) groups is 1. The van der Waals surface area contributed by atoms with Crippen LogP contribution in [0, 0.1) is 5.92 Å². The predicted octanol–water partition coefficient (Wildman–Crippen LogP) is 5.13. The van der Waals surface area contributed by atoms with Crippen LogP contribution in [0.3, 0.4) is 0 Å². The van der Waals surface area contributed by atoms with Crippen molar-refractivity contribution in [2.75, 3.05) is 13.7 Å². The number of carbonyl (C=O) groups excluding carboxylic acids is 1. The highest BCUT2D eigenvalue weighted by atomic mass is 32.2. The van der Waals surface area contributed by atoms with Crippen LogP contribution in [0.1, 0.15) is 36.8 Å². The number of pyridine rings is 1. The maximum absolute atomic E-state index is 14.1. The van der Waals surface area contributed by atoms with Crippen LogP contribution in [0.15, 0.2) is 96.2 Å². The Hall–Kier alpha value is -3.83. The van der Waals surface area contributed by atoms with Crippen molar-refractivity contribution in [3.05, 3.63) is 102 Å². The number of fused-ring (bicyclic) bond motifs is 1. The van der Waals surface area contributed by atoms with E-state index < -0.39 is 22.0 Å². The van der Waals surface area contributed by atoms with Crippen molar-refractivity contribution in [1.29, 1.82) is 0 Å².